The minimum atomic E-state index is 0.890. The normalized spacial score (nSPS) is 10.2. The number of aryl methyl sites for hydroxylation is 1. The van der Waals surface area contributed by atoms with Crippen molar-refractivity contribution in [2.75, 3.05) is 5.73 Å². The lowest BCUT2D eigenvalue weighted by atomic mass is 10.1. The van der Waals surface area contributed by atoms with Gasteiger partial charge in [-0.2, -0.15) is 0 Å². The zero-order valence-electron chi connectivity index (χ0n) is 6.41. The van der Waals surface area contributed by atoms with Gasteiger partial charge in [0.05, 0.1) is 0 Å². The summed E-state index contributed by atoms with van der Waals surface area (Å²) in [6.45, 7) is 4.19. The summed E-state index contributed by atoms with van der Waals surface area (Å²) in [5, 5.41) is 0. The Kier molecular flexibility index (Phi) is 3.02. The van der Waals surface area contributed by atoms with Gasteiger partial charge in [0.25, 0.3) is 0 Å². The number of rotatable bonds is 0. The summed E-state index contributed by atoms with van der Waals surface area (Å²) in [7, 11) is 0. The SMILES string of the molecule is Cc1cc(N)c(I)c(C)c1I. The molecule has 0 atom stereocenters. The fourth-order valence-electron chi connectivity index (χ4n) is 0.969. The highest BCUT2D eigenvalue weighted by Crippen LogP contribution is 2.26. The van der Waals surface area contributed by atoms with Gasteiger partial charge < -0.3 is 5.73 Å². The molecular weight excluding hydrogens is 364 g/mol. The van der Waals surface area contributed by atoms with Crippen molar-refractivity contribution in [3.8, 4) is 0 Å². The quantitative estimate of drug-likeness (QED) is 0.549. The first-order chi connectivity index (χ1) is 5.04. The molecule has 0 bridgehead atoms. The average Bonchev–Trinajstić information content (AvgIpc) is 1.97. The molecule has 1 aromatic carbocycles. The molecule has 0 fully saturated rings. The third-order valence-electron chi connectivity index (χ3n) is 1.63. The molecule has 0 amide bonds. The molecule has 1 rings (SSSR count). The van der Waals surface area contributed by atoms with E-state index in [1.807, 2.05) is 6.07 Å². The topological polar surface area (TPSA) is 26.0 Å². The molecule has 0 aliphatic rings. The molecule has 0 aliphatic heterocycles. The lowest BCUT2D eigenvalue weighted by Crippen LogP contribution is -1.96. The first kappa shape index (κ1) is 9.57. The van der Waals surface area contributed by atoms with E-state index in [-0.39, 0.29) is 0 Å². The Hall–Kier alpha value is 0.480. The molecule has 2 N–H and O–H groups in total. The van der Waals surface area contributed by atoms with Crippen LogP contribution < -0.4 is 5.73 Å². The second-order valence-corrected chi connectivity index (χ2v) is 4.69. The van der Waals surface area contributed by atoms with E-state index in [9.17, 15) is 0 Å². The predicted molar refractivity (Wildman–Crippen MR) is 65.8 cm³/mol. The van der Waals surface area contributed by atoms with Gasteiger partial charge in [-0.15, -0.1) is 0 Å². The highest BCUT2D eigenvalue weighted by Gasteiger charge is 2.05. The summed E-state index contributed by atoms with van der Waals surface area (Å²) < 4.78 is 2.50. The lowest BCUT2D eigenvalue weighted by molar-refractivity contribution is 1.32. The molecule has 1 aromatic rings. The summed E-state index contributed by atoms with van der Waals surface area (Å²) in [5.41, 5.74) is 9.23. The number of halogens is 2. The van der Waals surface area contributed by atoms with Crippen LogP contribution >= 0.6 is 45.2 Å². The molecule has 0 aliphatic carbocycles. The fourth-order valence-corrected chi connectivity index (χ4v) is 2.34. The molecular formula is C8H9I2N. The van der Waals surface area contributed by atoms with E-state index in [0.717, 1.165) is 5.69 Å². The van der Waals surface area contributed by atoms with Gasteiger partial charge in [-0.25, -0.2) is 0 Å². The van der Waals surface area contributed by atoms with E-state index in [2.05, 4.69) is 59.0 Å². The fraction of sp³-hybridized carbons (Fsp3) is 0.250. The van der Waals surface area contributed by atoms with Crippen LogP contribution in [0.3, 0.4) is 0 Å². The number of nitrogen functional groups attached to an aromatic ring is 1. The van der Waals surface area contributed by atoms with Gasteiger partial charge in [-0.05, 0) is 76.2 Å². The minimum Gasteiger partial charge on any atom is -0.398 e. The van der Waals surface area contributed by atoms with Crippen LogP contribution in [0.25, 0.3) is 0 Å². The first-order valence-corrected chi connectivity index (χ1v) is 5.40. The van der Waals surface area contributed by atoms with Crippen LogP contribution in [0.2, 0.25) is 0 Å². The number of hydrogen-bond acceptors (Lipinski definition) is 1. The zero-order chi connectivity index (χ0) is 8.59. The van der Waals surface area contributed by atoms with Crippen LogP contribution in [0.1, 0.15) is 11.1 Å². The van der Waals surface area contributed by atoms with Gasteiger partial charge in [0.15, 0.2) is 0 Å². The standard InChI is InChI=1S/C8H9I2N/c1-4-3-6(11)8(10)5(2)7(4)9/h3H,11H2,1-2H3. The molecule has 0 saturated carbocycles. The molecule has 0 heterocycles. The van der Waals surface area contributed by atoms with Crippen molar-refractivity contribution < 1.29 is 0 Å². The third kappa shape index (κ3) is 1.80. The second kappa shape index (κ2) is 3.47. The Labute approximate surface area is 94.0 Å². The Morgan fingerprint density at radius 1 is 1.18 bits per heavy atom. The zero-order valence-corrected chi connectivity index (χ0v) is 10.7. The molecule has 11 heavy (non-hydrogen) atoms. The van der Waals surface area contributed by atoms with Gasteiger partial charge in [0.1, 0.15) is 0 Å². The highest BCUT2D eigenvalue weighted by molar-refractivity contribution is 14.1. The summed E-state index contributed by atoms with van der Waals surface area (Å²) in [5.74, 6) is 0. The second-order valence-electron chi connectivity index (χ2n) is 2.54. The lowest BCUT2D eigenvalue weighted by Gasteiger charge is -2.07. The maximum absolute atomic E-state index is 5.78. The van der Waals surface area contributed by atoms with E-state index in [1.54, 1.807) is 0 Å². The van der Waals surface area contributed by atoms with Gasteiger partial charge in [-0.1, -0.05) is 0 Å². The summed E-state index contributed by atoms with van der Waals surface area (Å²) >= 11 is 4.63. The third-order valence-corrected chi connectivity index (χ3v) is 4.72. The van der Waals surface area contributed by atoms with Crippen LogP contribution in [0.5, 0.6) is 0 Å². The molecule has 60 valence electrons. The van der Waals surface area contributed by atoms with Gasteiger partial charge in [-0.3, -0.25) is 0 Å². The molecule has 0 spiro atoms. The Morgan fingerprint density at radius 2 is 1.73 bits per heavy atom. The maximum atomic E-state index is 5.78. The van der Waals surface area contributed by atoms with E-state index >= 15 is 0 Å². The van der Waals surface area contributed by atoms with Crippen LogP contribution in [0.15, 0.2) is 6.07 Å². The Bertz CT molecular complexity index is 268. The van der Waals surface area contributed by atoms with Crippen molar-refractivity contribution in [2.24, 2.45) is 0 Å². The summed E-state index contributed by atoms with van der Waals surface area (Å²) in [6, 6.07) is 2.02. The van der Waals surface area contributed by atoms with E-state index < -0.39 is 0 Å². The van der Waals surface area contributed by atoms with Crippen LogP contribution in [-0.4, -0.2) is 0 Å². The number of nitrogens with two attached hydrogens (primary N) is 1. The monoisotopic (exact) mass is 373 g/mol. The van der Waals surface area contributed by atoms with Crippen molar-refractivity contribution in [1.82, 2.24) is 0 Å². The summed E-state index contributed by atoms with van der Waals surface area (Å²) in [6.07, 6.45) is 0. The van der Waals surface area contributed by atoms with Crippen LogP contribution in [0, 0.1) is 21.0 Å². The van der Waals surface area contributed by atoms with E-state index in [4.69, 9.17) is 5.73 Å². The first-order valence-electron chi connectivity index (χ1n) is 3.24. The van der Waals surface area contributed by atoms with Crippen molar-refractivity contribution >= 4 is 50.9 Å². The van der Waals surface area contributed by atoms with Crippen LogP contribution in [-0.2, 0) is 0 Å². The molecule has 0 radical (unpaired) electrons. The number of hydrogen-bond donors (Lipinski definition) is 1. The highest BCUT2D eigenvalue weighted by atomic mass is 127. The molecule has 1 nitrogen and oxygen atoms in total. The van der Waals surface area contributed by atoms with Gasteiger partial charge >= 0.3 is 0 Å². The van der Waals surface area contributed by atoms with Crippen molar-refractivity contribution in [3.63, 3.8) is 0 Å². The van der Waals surface area contributed by atoms with E-state index in [1.165, 1.54) is 18.3 Å². The smallest absolute Gasteiger partial charge is 0.0455 e. The molecule has 0 saturated heterocycles. The predicted octanol–water partition coefficient (Wildman–Crippen LogP) is 3.09. The van der Waals surface area contributed by atoms with E-state index in [0.29, 0.717) is 0 Å². The van der Waals surface area contributed by atoms with Crippen LogP contribution in [0.4, 0.5) is 5.69 Å². The van der Waals surface area contributed by atoms with Crippen molar-refractivity contribution in [3.05, 3.63) is 24.3 Å². The summed E-state index contributed by atoms with van der Waals surface area (Å²) in [4.78, 5) is 0. The Balaban J connectivity index is 3.46. The number of anilines is 1. The minimum absolute atomic E-state index is 0.890. The largest absolute Gasteiger partial charge is 0.398 e. The maximum Gasteiger partial charge on any atom is 0.0455 e. The van der Waals surface area contributed by atoms with Gasteiger partial charge in [0.2, 0.25) is 0 Å². The Morgan fingerprint density at radius 3 is 2.27 bits per heavy atom. The molecule has 0 aromatic heterocycles. The molecule has 0 unspecified atom stereocenters. The van der Waals surface area contributed by atoms with Gasteiger partial charge in [0, 0.05) is 12.8 Å². The van der Waals surface area contributed by atoms with Crippen molar-refractivity contribution in [1.29, 1.82) is 0 Å². The number of benzene rings is 1. The molecule has 3 heteroatoms. The average molecular weight is 373 g/mol. The van der Waals surface area contributed by atoms with Crippen molar-refractivity contribution in [2.45, 2.75) is 13.8 Å².